The highest BCUT2D eigenvalue weighted by molar-refractivity contribution is 5.94. The zero-order valence-electron chi connectivity index (χ0n) is 18.8. The Morgan fingerprint density at radius 1 is 0.909 bits per heavy atom. The molecule has 0 aliphatic heterocycles. The van der Waals surface area contributed by atoms with E-state index < -0.39 is 0 Å². The molecule has 7 heteroatoms. The molecule has 1 aromatic heterocycles. The average Bonchev–Trinajstić information content (AvgIpc) is 3.25. The third-order valence-corrected chi connectivity index (χ3v) is 5.02. The fourth-order valence-electron chi connectivity index (χ4n) is 3.45. The van der Waals surface area contributed by atoms with E-state index in [1.807, 2.05) is 61.5 Å². The van der Waals surface area contributed by atoms with Gasteiger partial charge in [0.05, 0.1) is 24.2 Å². The lowest BCUT2D eigenvalue weighted by atomic mass is 10.1. The van der Waals surface area contributed by atoms with Crippen molar-refractivity contribution in [2.75, 3.05) is 26.9 Å². The first-order valence-electron chi connectivity index (χ1n) is 10.9. The maximum Gasteiger partial charge on any atom is 0.254 e. The lowest BCUT2D eigenvalue weighted by Crippen LogP contribution is -2.26. The van der Waals surface area contributed by atoms with E-state index in [0.29, 0.717) is 43.4 Å². The van der Waals surface area contributed by atoms with Gasteiger partial charge >= 0.3 is 0 Å². The minimum absolute atomic E-state index is 0.129. The van der Waals surface area contributed by atoms with Gasteiger partial charge in [-0.2, -0.15) is 0 Å². The quantitative estimate of drug-likeness (QED) is 0.358. The first-order chi connectivity index (χ1) is 16.1. The summed E-state index contributed by atoms with van der Waals surface area (Å²) in [5.41, 5.74) is 2.35. The normalized spacial score (nSPS) is 10.7. The molecular weight excluding hydrogens is 418 g/mol. The van der Waals surface area contributed by atoms with Gasteiger partial charge in [-0.15, -0.1) is 0 Å². The van der Waals surface area contributed by atoms with Crippen molar-refractivity contribution in [3.8, 4) is 17.2 Å². The Labute approximate surface area is 192 Å². The molecule has 0 fully saturated rings. The van der Waals surface area contributed by atoms with Crippen molar-refractivity contribution in [3.05, 3.63) is 84.2 Å². The number of carbonyl (C=O) groups excluding carboxylic acids is 1. The molecule has 0 unspecified atom stereocenters. The molecule has 0 aliphatic rings. The van der Waals surface area contributed by atoms with E-state index in [2.05, 4.69) is 9.97 Å². The molecule has 1 amide bonds. The van der Waals surface area contributed by atoms with Gasteiger partial charge in [-0.1, -0.05) is 30.3 Å². The van der Waals surface area contributed by atoms with Crippen LogP contribution in [0.2, 0.25) is 0 Å². The summed E-state index contributed by atoms with van der Waals surface area (Å²) in [6, 6.07) is 22.6. The molecule has 0 saturated heterocycles. The number of aromatic nitrogens is 2. The minimum atomic E-state index is -0.129. The van der Waals surface area contributed by atoms with Gasteiger partial charge in [0.2, 0.25) is 0 Å². The van der Waals surface area contributed by atoms with E-state index in [-0.39, 0.29) is 5.91 Å². The van der Waals surface area contributed by atoms with Crippen molar-refractivity contribution in [2.24, 2.45) is 0 Å². The molecule has 1 N–H and O–H groups in total. The van der Waals surface area contributed by atoms with Crippen molar-refractivity contribution in [3.63, 3.8) is 0 Å². The monoisotopic (exact) mass is 445 g/mol. The average molecular weight is 446 g/mol. The number of aromatic amines is 1. The Bertz CT molecular complexity index is 1170. The highest BCUT2D eigenvalue weighted by atomic mass is 16.5. The van der Waals surface area contributed by atoms with Crippen molar-refractivity contribution in [1.82, 2.24) is 14.9 Å². The van der Waals surface area contributed by atoms with Gasteiger partial charge in [-0.05, 0) is 49.4 Å². The smallest absolute Gasteiger partial charge is 0.254 e. The Morgan fingerprint density at radius 2 is 1.67 bits per heavy atom. The number of nitrogens with zero attached hydrogens (tertiary/aromatic N) is 2. The maximum absolute atomic E-state index is 13.0. The molecule has 170 valence electrons. The molecule has 0 aliphatic carbocycles. The number of imidazole rings is 1. The fraction of sp³-hybridized carbons (Fsp3) is 0.231. The first-order valence-corrected chi connectivity index (χ1v) is 10.9. The van der Waals surface area contributed by atoms with E-state index in [1.165, 1.54) is 0 Å². The summed E-state index contributed by atoms with van der Waals surface area (Å²) >= 11 is 0. The van der Waals surface area contributed by atoms with Gasteiger partial charge in [-0.25, -0.2) is 4.98 Å². The molecule has 0 spiro atoms. The molecule has 0 atom stereocenters. The van der Waals surface area contributed by atoms with Crippen molar-refractivity contribution in [2.45, 2.75) is 13.5 Å². The predicted octanol–water partition coefficient (Wildman–Crippen LogP) is 4.69. The van der Waals surface area contributed by atoms with Crippen molar-refractivity contribution in [1.29, 1.82) is 0 Å². The van der Waals surface area contributed by atoms with E-state index in [4.69, 9.17) is 14.2 Å². The predicted molar refractivity (Wildman–Crippen MR) is 127 cm³/mol. The molecule has 0 bridgehead atoms. The molecule has 4 aromatic rings. The zero-order valence-corrected chi connectivity index (χ0v) is 18.8. The number of hydrogen-bond acceptors (Lipinski definition) is 5. The van der Waals surface area contributed by atoms with Crippen molar-refractivity contribution < 1.29 is 19.0 Å². The van der Waals surface area contributed by atoms with E-state index in [9.17, 15) is 4.79 Å². The number of H-pyrrole nitrogens is 1. The van der Waals surface area contributed by atoms with Crippen LogP contribution in [0.5, 0.6) is 17.2 Å². The Hall–Kier alpha value is -4.00. The second-order valence-electron chi connectivity index (χ2n) is 7.47. The number of para-hydroxylation sites is 3. The van der Waals surface area contributed by atoms with Crippen LogP contribution in [0.3, 0.4) is 0 Å². The van der Waals surface area contributed by atoms with Gasteiger partial charge in [-0.3, -0.25) is 4.79 Å². The number of carbonyl (C=O) groups is 1. The third-order valence-electron chi connectivity index (χ3n) is 5.02. The number of benzene rings is 3. The van der Waals surface area contributed by atoms with E-state index >= 15 is 0 Å². The van der Waals surface area contributed by atoms with E-state index in [0.717, 1.165) is 22.6 Å². The number of hydrogen-bond donors (Lipinski definition) is 1. The number of amides is 1. The summed E-state index contributed by atoms with van der Waals surface area (Å²) in [4.78, 5) is 22.4. The fourth-order valence-corrected chi connectivity index (χ4v) is 3.45. The highest BCUT2D eigenvalue weighted by Crippen LogP contribution is 2.29. The van der Waals surface area contributed by atoms with Gasteiger partial charge in [0.15, 0.2) is 11.5 Å². The van der Waals surface area contributed by atoms with Crippen LogP contribution in [0.4, 0.5) is 0 Å². The summed E-state index contributed by atoms with van der Waals surface area (Å²) in [5.74, 6) is 2.50. The molecule has 7 nitrogen and oxygen atoms in total. The second kappa shape index (κ2) is 10.5. The number of rotatable bonds is 10. The molecule has 4 rings (SSSR count). The molecule has 1 heterocycles. The molecule has 0 radical (unpaired) electrons. The van der Waals surface area contributed by atoms with Crippen LogP contribution in [0, 0.1) is 0 Å². The summed E-state index contributed by atoms with van der Waals surface area (Å²) in [6.07, 6.45) is 0. The Kier molecular flexibility index (Phi) is 7.09. The first kappa shape index (κ1) is 22.2. The lowest BCUT2D eigenvalue weighted by molar-refractivity contribution is 0.0781. The van der Waals surface area contributed by atoms with Gasteiger partial charge in [0, 0.05) is 12.6 Å². The number of fused-ring (bicyclic) bond motifs is 1. The topological polar surface area (TPSA) is 76.7 Å². The number of ether oxygens (including phenoxy) is 3. The lowest BCUT2D eigenvalue weighted by Gasteiger charge is -2.18. The molecule has 0 saturated carbocycles. The summed E-state index contributed by atoms with van der Waals surface area (Å²) < 4.78 is 17.2. The van der Waals surface area contributed by atoms with E-state index in [1.54, 1.807) is 30.1 Å². The Morgan fingerprint density at radius 3 is 2.45 bits per heavy atom. The van der Waals surface area contributed by atoms with Crippen molar-refractivity contribution >= 4 is 16.9 Å². The largest absolute Gasteiger partial charge is 0.490 e. The van der Waals surface area contributed by atoms with Crippen LogP contribution in [0.1, 0.15) is 23.1 Å². The minimum Gasteiger partial charge on any atom is -0.490 e. The van der Waals surface area contributed by atoms with Gasteiger partial charge < -0.3 is 24.1 Å². The summed E-state index contributed by atoms with van der Waals surface area (Å²) in [6.45, 7) is 3.48. The van der Waals surface area contributed by atoms with Gasteiger partial charge in [0.25, 0.3) is 5.91 Å². The van der Waals surface area contributed by atoms with Crippen LogP contribution >= 0.6 is 0 Å². The summed E-state index contributed by atoms with van der Waals surface area (Å²) in [7, 11) is 1.75. The van der Waals surface area contributed by atoms with Gasteiger partial charge in [0.1, 0.15) is 24.8 Å². The molecule has 33 heavy (non-hydrogen) atoms. The van der Waals surface area contributed by atoms with Crippen LogP contribution in [-0.2, 0) is 6.54 Å². The van der Waals surface area contributed by atoms with Crippen LogP contribution < -0.4 is 14.2 Å². The maximum atomic E-state index is 13.0. The van der Waals surface area contributed by atoms with Crippen LogP contribution in [0.15, 0.2) is 72.8 Å². The molecular formula is C26H27N3O4. The summed E-state index contributed by atoms with van der Waals surface area (Å²) in [5, 5.41) is 0. The number of nitrogens with one attached hydrogen (secondary N) is 1. The third kappa shape index (κ3) is 5.63. The molecule has 3 aromatic carbocycles. The van der Waals surface area contributed by atoms with Crippen LogP contribution in [0.25, 0.3) is 11.0 Å². The SMILES string of the molecule is CCOc1cc(C(=O)N(C)Cc2nc3ccccc3[nH]2)ccc1OCCOc1ccccc1. The van der Waals surface area contributed by atoms with Crippen LogP contribution in [-0.4, -0.2) is 47.6 Å². The second-order valence-corrected chi connectivity index (χ2v) is 7.47. The highest BCUT2D eigenvalue weighted by Gasteiger charge is 2.17. The zero-order chi connectivity index (χ0) is 23.0. The standard InChI is InChI=1S/C26H27N3O4/c1-3-31-24-17-19(13-14-23(24)33-16-15-32-20-9-5-4-6-10-20)26(30)29(2)18-25-27-21-11-7-8-12-22(21)28-25/h4-14,17H,3,15-16,18H2,1-2H3,(H,27,28). The Balaban J connectivity index is 1.39.